The number of hydrogen-bond donors (Lipinski definition) is 1. The summed E-state index contributed by atoms with van der Waals surface area (Å²) in [6.07, 6.45) is 5.36. The summed E-state index contributed by atoms with van der Waals surface area (Å²) in [5.74, 6) is 0. The second-order valence-corrected chi connectivity index (χ2v) is 7.22. The van der Waals surface area contributed by atoms with Crippen molar-refractivity contribution < 1.29 is 8.42 Å². The lowest BCUT2D eigenvalue weighted by Crippen LogP contribution is -2.32. The molecule has 2 aliphatic heterocycles. The monoisotopic (exact) mass is 278 g/mol. The first-order valence-electron chi connectivity index (χ1n) is 6.65. The van der Waals surface area contributed by atoms with Crippen LogP contribution in [0, 0.1) is 0 Å². The molecule has 102 valence electrons. The van der Waals surface area contributed by atoms with Gasteiger partial charge < -0.3 is 5.73 Å². The highest BCUT2D eigenvalue weighted by Gasteiger charge is 2.30. The van der Waals surface area contributed by atoms with Crippen molar-refractivity contribution in [2.75, 3.05) is 25.4 Å². The third kappa shape index (κ3) is 2.28. The first-order chi connectivity index (χ1) is 9.07. The molecule has 0 bridgehead atoms. The molecule has 0 saturated carbocycles. The largest absolute Gasteiger partial charge is 0.399 e. The standard InChI is InChI=1S/C14H18N2O2S/c15-12-5-4-11-8-13(19(17,18)14(11)9-12)10-16-6-2-1-3-7-16/h4-5,8-9H,1-3,6-7,10,15H2. The molecule has 1 aromatic rings. The van der Waals surface area contributed by atoms with Crippen LogP contribution < -0.4 is 5.73 Å². The van der Waals surface area contributed by atoms with Crippen molar-refractivity contribution in [2.45, 2.75) is 24.2 Å². The Hall–Kier alpha value is -1.33. The van der Waals surface area contributed by atoms with E-state index in [2.05, 4.69) is 4.90 Å². The van der Waals surface area contributed by atoms with Crippen molar-refractivity contribution in [3.63, 3.8) is 0 Å². The molecule has 4 nitrogen and oxygen atoms in total. The Morgan fingerprint density at radius 2 is 1.89 bits per heavy atom. The minimum absolute atomic E-state index is 0.361. The molecule has 1 fully saturated rings. The van der Waals surface area contributed by atoms with Crippen LogP contribution in [0.3, 0.4) is 0 Å². The van der Waals surface area contributed by atoms with Crippen molar-refractivity contribution in [3.05, 3.63) is 28.7 Å². The zero-order valence-corrected chi connectivity index (χ0v) is 11.6. The van der Waals surface area contributed by atoms with Gasteiger partial charge in [0.15, 0.2) is 0 Å². The maximum atomic E-state index is 12.5. The summed E-state index contributed by atoms with van der Waals surface area (Å²) in [6.45, 7) is 2.51. The van der Waals surface area contributed by atoms with Gasteiger partial charge in [-0.3, -0.25) is 4.90 Å². The SMILES string of the molecule is Nc1ccc2c(c1)S(=O)(=O)C(CN1CCCCC1)=C2. The van der Waals surface area contributed by atoms with E-state index < -0.39 is 9.84 Å². The van der Waals surface area contributed by atoms with E-state index in [9.17, 15) is 8.42 Å². The van der Waals surface area contributed by atoms with Gasteiger partial charge in [-0.25, -0.2) is 8.42 Å². The molecule has 0 aromatic heterocycles. The third-order valence-corrected chi connectivity index (χ3v) is 5.69. The normalized spacial score (nSPS) is 22.0. The zero-order valence-electron chi connectivity index (χ0n) is 10.8. The zero-order chi connectivity index (χ0) is 13.5. The predicted octanol–water partition coefficient (Wildman–Crippen LogP) is 1.88. The molecule has 5 heteroatoms. The highest BCUT2D eigenvalue weighted by molar-refractivity contribution is 7.95. The summed E-state index contributed by atoms with van der Waals surface area (Å²) >= 11 is 0. The maximum absolute atomic E-state index is 12.5. The first-order valence-corrected chi connectivity index (χ1v) is 8.13. The van der Waals surface area contributed by atoms with E-state index >= 15 is 0 Å². The Balaban J connectivity index is 1.88. The van der Waals surface area contributed by atoms with Crippen molar-refractivity contribution in [1.82, 2.24) is 4.90 Å². The topological polar surface area (TPSA) is 63.4 Å². The second kappa shape index (κ2) is 4.65. The summed E-state index contributed by atoms with van der Waals surface area (Å²) in [6, 6.07) is 5.09. The van der Waals surface area contributed by atoms with Crippen LogP contribution in [0.2, 0.25) is 0 Å². The molecule has 2 aliphatic rings. The maximum Gasteiger partial charge on any atom is 0.204 e. The van der Waals surface area contributed by atoms with Gasteiger partial charge in [0.05, 0.1) is 9.80 Å². The van der Waals surface area contributed by atoms with Gasteiger partial charge in [-0.1, -0.05) is 12.5 Å². The average Bonchev–Trinajstić information content (AvgIpc) is 2.63. The fraction of sp³-hybridized carbons (Fsp3) is 0.429. The van der Waals surface area contributed by atoms with Gasteiger partial charge in [-0.2, -0.15) is 0 Å². The van der Waals surface area contributed by atoms with Gasteiger partial charge in [0.2, 0.25) is 9.84 Å². The summed E-state index contributed by atoms with van der Waals surface area (Å²) in [5.41, 5.74) is 6.94. The van der Waals surface area contributed by atoms with E-state index in [4.69, 9.17) is 5.73 Å². The Labute approximate surface area is 113 Å². The summed E-state index contributed by atoms with van der Waals surface area (Å²) in [4.78, 5) is 3.09. The van der Waals surface area contributed by atoms with E-state index in [-0.39, 0.29) is 0 Å². The number of fused-ring (bicyclic) bond motifs is 1. The fourth-order valence-electron chi connectivity index (χ4n) is 2.76. The number of nitrogens with two attached hydrogens (primary N) is 1. The van der Waals surface area contributed by atoms with Gasteiger partial charge in [0, 0.05) is 12.2 Å². The Morgan fingerprint density at radius 3 is 2.63 bits per heavy atom. The Kier molecular flexibility index (Phi) is 3.11. The fourth-order valence-corrected chi connectivity index (χ4v) is 4.41. The number of sulfone groups is 1. The lowest BCUT2D eigenvalue weighted by Gasteiger charge is -2.26. The van der Waals surface area contributed by atoms with Gasteiger partial charge in [0.1, 0.15) is 0 Å². The van der Waals surface area contributed by atoms with Crippen molar-refractivity contribution in [2.24, 2.45) is 0 Å². The molecule has 1 saturated heterocycles. The molecule has 3 rings (SSSR count). The molecular formula is C14H18N2O2S. The van der Waals surface area contributed by atoms with E-state index in [1.54, 1.807) is 24.3 Å². The summed E-state index contributed by atoms with van der Waals surface area (Å²) in [5, 5.41) is 0. The van der Waals surface area contributed by atoms with E-state index in [1.807, 2.05) is 0 Å². The second-order valence-electron chi connectivity index (χ2n) is 5.25. The van der Waals surface area contributed by atoms with Gasteiger partial charge in [0.25, 0.3) is 0 Å². The van der Waals surface area contributed by atoms with Crippen LogP contribution in [0.5, 0.6) is 0 Å². The van der Waals surface area contributed by atoms with Crippen LogP contribution in [-0.2, 0) is 9.84 Å². The lowest BCUT2D eigenvalue weighted by molar-refractivity contribution is 0.250. The van der Waals surface area contributed by atoms with Crippen molar-refractivity contribution in [3.8, 4) is 0 Å². The first kappa shape index (κ1) is 12.7. The number of nitrogen functional groups attached to an aromatic ring is 1. The molecule has 0 unspecified atom stereocenters. The van der Waals surface area contributed by atoms with Gasteiger partial charge in [-0.05, 0) is 49.7 Å². The Morgan fingerprint density at radius 1 is 1.16 bits per heavy atom. The van der Waals surface area contributed by atoms with Crippen LogP contribution >= 0.6 is 0 Å². The van der Waals surface area contributed by atoms with Crippen molar-refractivity contribution >= 4 is 21.6 Å². The smallest absolute Gasteiger partial charge is 0.204 e. The van der Waals surface area contributed by atoms with E-state index in [0.717, 1.165) is 31.5 Å². The molecular weight excluding hydrogens is 260 g/mol. The quantitative estimate of drug-likeness (QED) is 0.839. The van der Waals surface area contributed by atoms with Crippen LogP contribution in [-0.4, -0.2) is 33.0 Å². The highest BCUT2D eigenvalue weighted by Crippen LogP contribution is 2.34. The van der Waals surface area contributed by atoms with Crippen LogP contribution in [0.15, 0.2) is 28.0 Å². The molecule has 19 heavy (non-hydrogen) atoms. The number of hydrogen-bond acceptors (Lipinski definition) is 4. The van der Waals surface area contributed by atoms with Crippen LogP contribution in [0.4, 0.5) is 5.69 Å². The molecule has 0 spiro atoms. The molecule has 2 heterocycles. The van der Waals surface area contributed by atoms with E-state index in [0.29, 0.717) is 22.0 Å². The minimum atomic E-state index is -3.33. The Bertz CT molecular complexity index is 629. The van der Waals surface area contributed by atoms with Gasteiger partial charge in [-0.15, -0.1) is 0 Å². The average molecular weight is 278 g/mol. The molecule has 0 amide bonds. The highest BCUT2D eigenvalue weighted by atomic mass is 32.2. The van der Waals surface area contributed by atoms with E-state index in [1.165, 1.54) is 6.42 Å². The summed E-state index contributed by atoms with van der Waals surface area (Å²) < 4.78 is 24.9. The van der Waals surface area contributed by atoms with Gasteiger partial charge >= 0.3 is 0 Å². The molecule has 0 atom stereocenters. The number of anilines is 1. The number of piperidine rings is 1. The minimum Gasteiger partial charge on any atom is -0.399 e. The molecule has 0 radical (unpaired) electrons. The number of rotatable bonds is 2. The molecule has 1 aromatic carbocycles. The third-order valence-electron chi connectivity index (χ3n) is 3.82. The van der Waals surface area contributed by atoms with Crippen molar-refractivity contribution in [1.29, 1.82) is 0 Å². The van der Waals surface area contributed by atoms with Crippen LogP contribution in [0.25, 0.3) is 6.08 Å². The number of likely N-dealkylation sites (tertiary alicyclic amines) is 1. The lowest BCUT2D eigenvalue weighted by atomic mass is 10.1. The number of benzene rings is 1. The molecule has 2 N–H and O–H groups in total. The van der Waals surface area contributed by atoms with Crippen LogP contribution in [0.1, 0.15) is 24.8 Å². The summed E-state index contributed by atoms with van der Waals surface area (Å²) in [7, 11) is -3.33. The predicted molar refractivity (Wildman–Crippen MR) is 76.3 cm³/mol. The number of nitrogens with zero attached hydrogens (tertiary/aromatic N) is 1. The molecule has 0 aliphatic carbocycles.